The van der Waals surface area contributed by atoms with Crippen molar-refractivity contribution in [2.45, 2.75) is 44.9 Å². The van der Waals surface area contributed by atoms with E-state index in [1.807, 2.05) is 24.4 Å². The quantitative estimate of drug-likeness (QED) is 0.615. The molecular formula is C20H25FN4O. The first-order valence-corrected chi connectivity index (χ1v) is 9.03. The summed E-state index contributed by atoms with van der Waals surface area (Å²) in [7, 11) is 1.71. The van der Waals surface area contributed by atoms with Crippen LogP contribution in [0, 0.1) is 5.82 Å². The van der Waals surface area contributed by atoms with Crippen molar-refractivity contribution in [3.63, 3.8) is 0 Å². The molecule has 1 saturated carbocycles. The van der Waals surface area contributed by atoms with Crippen molar-refractivity contribution in [2.75, 3.05) is 7.05 Å². The summed E-state index contributed by atoms with van der Waals surface area (Å²) in [4.78, 5) is 8.57. The predicted octanol–water partition coefficient (Wildman–Crippen LogP) is 3.41. The zero-order valence-electron chi connectivity index (χ0n) is 15.0. The predicted molar refractivity (Wildman–Crippen MR) is 101 cm³/mol. The molecule has 0 amide bonds. The van der Waals surface area contributed by atoms with Gasteiger partial charge in [0, 0.05) is 32.4 Å². The standard InChI is InChI=1S/C20H25FN4O/c1-22-20(24-12-15-5-4-6-17(21)11-15)25-14-16-9-10-19(23-13-16)26-18-7-2-3-8-18/h4-6,9-11,13,18H,2-3,7-8,12,14H2,1H3,(H2,22,24,25). The van der Waals surface area contributed by atoms with Gasteiger partial charge in [0.25, 0.3) is 0 Å². The highest BCUT2D eigenvalue weighted by Gasteiger charge is 2.16. The Morgan fingerprint density at radius 3 is 2.58 bits per heavy atom. The van der Waals surface area contributed by atoms with Crippen LogP contribution in [0.2, 0.25) is 0 Å². The highest BCUT2D eigenvalue weighted by Crippen LogP contribution is 2.22. The van der Waals surface area contributed by atoms with Gasteiger partial charge < -0.3 is 15.4 Å². The summed E-state index contributed by atoms with van der Waals surface area (Å²) in [5, 5.41) is 6.40. The second-order valence-electron chi connectivity index (χ2n) is 6.44. The number of halogens is 1. The number of hydrogen-bond donors (Lipinski definition) is 2. The SMILES string of the molecule is CN=C(NCc1ccc(OC2CCCC2)nc1)NCc1cccc(F)c1. The molecular weight excluding hydrogens is 331 g/mol. The lowest BCUT2D eigenvalue weighted by molar-refractivity contribution is 0.201. The topological polar surface area (TPSA) is 58.5 Å². The highest BCUT2D eigenvalue weighted by molar-refractivity contribution is 5.79. The van der Waals surface area contributed by atoms with Gasteiger partial charge in [-0.15, -0.1) is 0 Å². The average Bonchev–Trinajstić information content (AvgIpc) is 3.16. The lowest BCUT2D eigenvalue weighted by atomic mass is 10.2. The normalized spacial score (nSPS) is 15.1. The second-order valence-corrected chi connectivity index (χ2v) is 6.44. The Balaban J connectivity index is 1.45. The molecule has 0 aliphatic heterocycles. The number of rotatable bonds is 6. The van der Waals surface area contributed by atoms with E-state index in [4.69, 9.17) is 4.74 Å². The van der Waals surface area contributed by atoms with Gasteiger partial charge >= 0.3 is 0 Å². The summed E-state index contributed by atoms with van der Waals surface area (Å²) >= 11 is 0. The van der Waals surface area contributed by atoms with Crippen LogP contribution in [0.15, 0.2) is 47.6 Å². The van der Waals surface area contributed by atoms with Crippen LogP contribution in [0.25, 0.3) is 0 Å². The van der Waals surface area contributed by atoms with Crippen LogP contribution in [0.4, 0.5) is 4.39 Å². The van der Waals surface area contributed by atoms with E-state index in [1.54, 1.807) is 13.1 Å². The lowest BCUT2D eigenvalue weighted by Crippen LogP contribution is -2.36. The second kappa shape index (κ2) is 9.17. The minimum Gasteiger partial charge on any atom is -0.474 e. The first kappa shape index (κ1) is 18.2. The first-order valence-electron chi connectivity index (χ1n) is 9.03. The lowest BCUT2D eigenvalue weighted by Gasteiger charge is -2.13. The van der Waals surface area contributed by atoms with Crippen molar-refractivity contribution in [3.8, 4) is 5.88 Å². The molecule has 0 atom stereocenters. The van der Waals surface area contributed by atoms with Crippen LogP contribution in [-0.4, -0.2) is 24.1 Å². The van der Waals surface area contributed by atoms with Crippen LogP contribution in [-0.2, 0) is 13.1 Å². The van der Waals surface area contributed by atoms with Crippen molar-refractivity contribution < 1.29 is 9.13 Å². The summed E-state index contributed by atoms with van der Waals surface area (Å²) in [6.07, 6.45) is 6.87. The Morgan fingerprint density at radius 2 is 1.92 bits per heavy atom. The number of ether oxygens (including phenoxy) is 1. The Morgan fingerprint density at radius 1 is 1.15 bits per heavy atom. The van der Waals surface area contributed by atoms with E-state index in [9.17, 15) is 4.39 Å². The zero-order chi connectivity index (χ0) is 18.2. The molecule has 5 nitrogen and oxygen atoms in total. The van der Waals surface area contributed by atoms with E-state index >= 15 is 0 Å². The number of pyridine rings is 1. The summed E-state index contributed by atoms with van der Waals surface area (Å²) < 4.78 is 19.1. The van der Waals surface area contributed by atoms with Crippen molar-refractivity contribution in [2.24, 2.45) is 4.99 Å². The number of hydrogen-bond acceptors (Lipinski definition) is 3. The van der Waals surface area contributed by atoms with Gasteiger partial charge in [0.05, 0.1) is 0 Å². The monoisotopic (exact) mass is 356 g/mol. The fourth-order valence-electron chi connectivity index (χ4n) is 3.00. The molecule has 0 saturated heterocycles. The summed E-state index contributed by atoms with van der Waals surface area (Å²) in [6, 6.07) is 10.4. The van der Waals surface area contributed by atoms with E-state index < -0.39 is 0 Å². The molecule has 1 fully saturated rings. The molecule has 0 radical (unpaired) electrons. The molecule has 138 valence electrons. The molecule has 1 aliphatic carbocycles. The molecule has 6 heteroatoms. The smallest absolute Gasteiger partial charge is 0.213 e. The molecule has 1 aromatic carbocycles. The van der Waals surface area contributed by atoms with Crippen molar-refractivity contribution in [3.05, 3.63) is 59.5 Å². The number of benzene rings is 1. The van der Waals surface area contributed by atoms with E-state index in [0.717, 1.165) is 24.0 Å². The van der Waals surface area contributed by atoms with Gasteiger partial charge in [-0.05, 0) is 48.9 Å². The summed E-state index contributed by atoms with van der Waals surface area (Å²) in [5.74, 6) is 1.10. The fourth-order valence-corrected chi connectivity index (χ4v) is 3.00. The maximum atomic E-state index is 13.2. The van der Waals surface area contributed by atoms with Gasteiger partial charge in [-0.1, -0.05) is 18.2 Å². The molecule has 1 aliphatic rings. The van der Waals surface area contributed by atoms with E-state index in [1.165, 1.54) is 25.0 Å². The Hall–Kier alpha value is -2.63. The summed E-state index contributed by atoms with van der Waals surface area (Å²) in [5.41, 5.74) is 1.90. The third-order valence-electron chi connectivity index (χ3n) is 4.42. The van der Waals surface area contributed by atoms with Crippen LogP contribution in [0.3, 0.4) is 0 Å². The Labute approximate surface area is 153 Å². The van der Waals surface area contributed by atoms with Gasteiger partial charge in [-0.2, -0.15) is 0 Å². The van der Waals surface area contributed by atoms with Gasteiger partial charge in [0.2, 0.25) is 5.88 Å². The van der Waals surface area contributed by atoms with Crippen molar-refractivity contribution in [1.82, 2.24) is 15.6 Å². The molecule has 3 rings (SSSR count). The molecule has 1 heterocycles. The third-order valence-corrected chi connectivity index (χ3v) is 4.42. The molecule has 0 bridgehead atoms. The highest BCUT2D eigenvalue weighted by atomic mass is 19.1. The minimum absolute atomic E-state index is 0.238. The molecule has 0 unspecified atom stereocenters. The van der Waals surface area contributed by atoms with Crippen molar-refractivity contribution in [1.29, 1.82) is 0 Å². The van der Waals surface area contributed by atoms with Crippen LogP contribution in [0.1, 0.15) is 36.8 Å². The number of nitrogens with zero attached hydrogens (tertiary/aromatic N) is 2. The average molecular weight is 356 g/mol. The number of aliphatic imine (C=N–C) groups is 1. The number of aromatic nitrogens is 1. The van der Waals surface area contributed by atoms with Gasteiger partial charge in [0.15, 0.2) is 5.96 Å². The van der Waals surface area contributed by atoms with Crippen LogP contribution >= 0.6 is 0 Å². The summed E-state index contributed by atoms with van der Waals surface area (Å²) in [6.45, 7) is 1.10. The molecule has 2 aromatic rings. The maximum absolute atomic E-state index is 13.2. The maximum Gasteiger partial charge on any atom is 0.213 e. The zero-order valence-corrected chi connectivity index (χ0v) is 15.0. The third kappa shape index (κ3) is 5.44. The molecule has 26 heavy (non-hydrogen) atoms. The fraction of sp³-hybridized carbons (Fsp3) is 0.400. The molecule has 2 N–H and O–H groups in total. The van der Waals surface area contributed by atoms with Gasteiger partial charge in [-0.3, -0.25) is 4.99 Å². The Bertz CT molecular complexity index is 727. The van der Waals surface area contributed by atoms with Crippen LogP contribution < -0.4 is 15.4 Å². The van der Waals surface area contributed by atoms with Crippen molar-refractivity contribution >= 4 is 5.96 Å². The van der Waals surface area contributed by atoms with E-state index in [0.29, 0.717) is 31.0 Å². The Kier molecular flexibility index (Phi) is 6.41. The van der Waals surface area contributed by atoms with E-state index in [-0.39, 0.29) is 5.82 Å². The van der Waals surface area contributed by atoms with Gasteiger partial charge in [0.1, 0.15) is 11.9 Å². The molecule has 1 aromatic heterocycles. The number of guanidine groups is 1. The van der Waals surface area contributed by atoms with Gasteiger partial charge in [-0.25, -0.2) is 9.37 Å². The number of nitrogens with one attached hydrogen (secondary N) is 2. The first-order chi connectivity index (χ1) is 12.7. The largest absolute Gasteiger partial charge is 0.474 e. The van der Waals surface area contributed by atoms with Crippen LogP contribution in [0.5, 0.6) is 5.88 Å². The molecule has 0 spiro atoms. The minimum atomic E-state index is -0.238. The van der Waals surface area contributed by atoms with E-state index in [2.05, 4.69) is 20.6 Å².